The molecular formula is C14H29N. The van der Waals surface area contributed by atoms with Gasteiger partial charge in [0.1, 0.15) is 0 Å². The number of hydrogen-bond acceptors (Lipinski definition) is 1. The van der Waals surface area contributed by atoms with Gasteiger partial charge in [-0.1, -0.05) is 48.0 Å². The highest BCUT2D eigenvalue weighted by molar-refractivity contribution is 4.93. The van der Waals surface area contributed by atoms with E-state index in [1.165, 1.54) is 12.8 Å². The largest absolute Gasteiger partial charge is 0.327 e. The summed E-state index contributed by atoms with van der Waals surface area (Å²) in [5.41, 5.74) is 6.96. The van der Waals surface area contributed by atoms with Crippen molar-refractivity contribution in [2.45, 2.75) is 66.8 Å². The fourth-order valence-corrected chi connectivity index (χ4v) is 2.85. The summed E-state index contributed by atoms with van der Waals surface area (Å²) in [4.78, 5) is 0. The normalized spacial score (nSPS) is 29.8. The van der Waals surface area contributed by atoms with Gasteiger partial charge in [0.05, 0.1) is 0 Å². The summed E-state index contributed by atoms with van der Waals surface area (Å²) in [5, 5.41) is 0. The highest BCUT2D eigenvalue weighted by atomic mass is 14.7. The third-order valence-electron chi connectivity index (χ3n) is 4.48. The zero-order valence-corrected chi connectivity index (χ0v) is 11.4. The topological polar surface area (TPSA) is 26.0 Å². The maximum atomic E-state index is 6.30. The molecule has 0 aromatic rings. The molecule has 1 aliphatic rings. The van der Waals surface area contributed by atoms with Crippen LogP contribution in [-0.2, 0) is 0 Å². The minimum Gasteiger partial charge on any atom is -0.327 e. The second-order valence-corrected chi connectivity index (χ2v) is 7.33. The van der Waals surface area contributed by atoms with E-state index in [2.05, 4.69) is 41.5 Å². The Kier molecular flexibility index (Phi) is 3.55. The molecule has 0 aliphatic heterocycles. The van der Waals surface area contributed by atoms with Crippen LogP contribution in [0.4, 0.5) is 0 Å². The quantitative estimate of drug-likeness (QED) is 0.754. The maximum Gasteiger partial charge on any atom is 0.00928 e. The third-order valence-corrected chi connectivity index (χ3v) is 4.48. The Morgan fingerprint density at radius 3 is 1.93 bits per heavy atom. The highest BCUT2D eigenvalue weighted by Gasteiger charge is 2.41. The molecule has 1 rings (SSSR count). The summed E-state index contributed by atoms with van der Waals surface area (Å²) in [6, 6.07) is 0.320. The van der Waals surface area contributed by atoms with E-state index in [1.807, 2.05) is 0 Å². The molecule has 3 atom stereocenters. The molecule has 1 saturated carbocycles. The Balaban J connectivity index is 2.56. The van der Waals surface area contributed by atoms with E-state index in [1.54, 1.807) is 0 Å². The number of hydrogen-bond donors (Lipinski definition) is 1. The summed E-state index contributed by atoms with van der Waals surface area (Å²) < 4.78 is 0. The van der Waals surface area contributed by atoms with Crippen LogP contribution in [0.15, 0.2) is 0 Å². The Morgan fingerprint density at radius 1 is 1.13 bits per heavy atom. The van der Waals surface area contributed by atoms with E-state index < -0.39 is 0 Å². The zero-order valence-electron chi connectivity index (χ0n) is 11.4. The number of rotatable bonds is 3. The molecule has 1 heteroatoms. The summed E-state index contributed by atoms with van der Waals surface area (Å²) in [7, 11) is 0. The lowest BCUT2D eigenvalue weighted by Crippen LogP contribution is -2.44. The Morgan fingerprint density at radius 2 is 1.67 bits per heavy atom. The van der Waals surface area contributed by atoms with Crippen molar-refractivity contribution in [2.24, 2.45) is 28.4 Å². The van der Waals surface area contributed by atoms with Gasteiger partial charge in [-0.2, -0.15) is 0 Å². The van der Waals surface area contributed by atoms with Crippen LogP contribution in [0.1, 0.15) is 60.8 Å². The summed E-state index contributed by atoms with van der Waals surface area (Å²) in [6.45, 7) is 13.9. The van der Waals surface area contributed by atoms with E-state index in [9.17, 15) is 0 Å². The lowest BCUT2D eigenvalue weighted by molar-refractivity contribution is 0.0323. The molecule has 0 saturated heterocycles. The average Bonchev–Trinajstić information content (AvgIpc) is 1.97. The molecule has 3 unspecified atom stereocenters. The first-order chi connectivity index (χ1) is 6.64. The van der Waals surface area contributed by atoms with Gasteiger partial charge in [0.25, 0.3) is 0 Å². The molecule has 0 bridgehead atoms. The van der Waals surface area contributed by atoms with E-state index in [0.717, 1.165) is 18.3 Å². The monoisotopic (exact) mass is 211 g/mol. The number of nitrogens with two attached hydrogens (primary N) is 1. The fourth-order valence-electron chi connectivity index (χ4n) is 2.85. The van der Waals surface area contributed by atoms with Gasteiger partial charge in [0.15, 0.2) is 0 Å². The average molecular weight is 211 g/mol. The summed E-state index contributed by atoms with van der Waals surface area (Å²) in [5.74, 6) is 1.80. The van der Waals surface area contributed by atoms with Gasteiger partial charge in [-0.3, -0.25) is 0 Å². The minimum absolute atomic E-state index is 0.240. The second kappa shape index (κ2) is 4.08. The Hall–Kier alpha value is -0.0400. The molecule has 0 spiro atoms. The van der Waals surface area contributed by atoms with Gasteiger partial charge in [-0.05, 0) is 35.5 Å². The van der Waals surface area contributed by atoms with Crippen molar-refractivity contribution in [3.63, 3.8) is 0 Å². The van der Waals surface area contributed by atoms with Gasteiger partial charge >= 0.3 is 0 Å². The van der Waals surface area contributed by atoms with E-state index in [-0.39, 0.29) is 5.41 Å². The van der Waals surface area contributed by atoms with E-state index in [4.69, 9.17) is 5.73 Å². The first-order valence-electron chi connectivity index (χ1n) is 6.40. The van der Waals surface area contributed by atoms with Crippen molar-refractivity contribution in [3.8, 4) is 0 Å². The van der Waals surface area contributed by atoms with Crippen molar-refractivity contribution in [3.05, 3.63) is 0 Å². The second-order valence-electron chi connectivity index (χ2n) is 7.33. The van der Waals surface area contributed by atoms with Crippen LogP contribution in [0.5, 0.6) is 0 Å². The van der Waals surface area contributed by atoms with Crippen molar-refractivity contribution in [1.82, 2.24) is 0 Å². The van der Waals surface area contributed by atoms with Gasteiger partial charge in [0.2, 0.25) is 0 Å². The SMILES string of the molecule is CC1CCC1C(C)(C)CC(N)C(C)(C)C. The molecule has 1 nitrogen and oxygen atoms in total. The molecule has 0 heterocycles. The molecule has 1 fully saturated rings. The smallest absolute Gasteiger partial charge is 0.00928 e. The minimum atomic E-state index is 0.240. The molecule has 1 aliphatic carbocycles. The maximum absolute atomic E-state index is 6.30. The van der Waals surface area contributed by atoms with Crippen molar-refractivity contribution in [1.29, 1.82) is 0 Å². The molecule has 0 radical (unpaired) electrons. The zero-order chi connectivity index (χ0) is 11.9. The third kappa shape index (κ3) is 2.96. The first kappa shape index (κ1) is 13.0. The van der Waals surface area contributed by atoms with Gasteiger partial charge in [0, 0.05) is 6.04 Å². The van der Waals surface area contributed by atoms with Gasteiger partial charge in [-0.15, -0.1) is 0 Å². The van der Waals surface area contributed by atoms with E-state index >= 15 is 0 Å². The molecule has 2 N–H and O–H groups in total. The van der Waals surface area contributed by atoms with Crippen molar-refractivity contribution in [2.75, 3.05) is 0 Å². The predicted molar refractivity (Wildman–Crippen MR) is 67.7 cm³/mol. The van der Waals surface area contributed by atoms with Crippen LogP contribution < -0.4 is 5.73 Å². The fraction of sp³-hybridized carbons (Fsp3) is 1.00. The summed E-state index contributed by atoms with van der Waals surface area (Å²) in [6.07, 6.45) is 3.98. The van der Waals surface area contributed by atoms with Crippen molar-refractivity contribution < 1.29 is 0 Å². The van der Waals surface area contributed by atoms with Crippen molar-refractivity contribution >= 4 is 0 Å². The molecule has 0 amide bonds. The van der Waals surface area contributed by atoms with Gasteiger partial charge in [-0.25, -0.2) is 0 Å². The molecule has 90 valence electrons. The molecule has 0 aromatic carbocycles. The Labute approximate surface area is 95.8 Å². The Bertz CT molecular complexity index is 212. The van der Waals surface area contributed by atoms with Crippen LogP contribution in [0.25, 0.3) is 0 Å². The van der Waals surface area contributed by atoms with E-state index in [0.29, 0.717) is 11.5 Å². The standard InChI is InChI=1S/C14H29N/c1-10-7-8-11(10)14(5,6)9-12(15)13(2,3)4/h10-12H,7-9,15H2,1-6H3. The first-order valence-corrected chi connectivity index (χ1v) is 6.40. The van der Waals surface area contributed by atoms with Crippen LogP contribution in [0, 0.1) is 22.7 Å². The predicted octanol–water partition coefficient (Wildman–Crippen LogP) is 3.82. The van der Waals surface area contributed by atoms with Crippen LogP contribution in [0.2, 0.25) is 0 Å². The lowest BCUT2D eigenvalue weighted by Gasteiger charge is -2.48. The van der Waals surface area contributed by atoms with Crippen LogP contribution >= 0.6 is 0 Å². The molecule has 15 heavy (non-hydrogen) atoms. The summed E-state index contributed by atoms with van der Waals surface area (Å²) >= 11 is 0. The molecule has 0 aromatic heterocycles. The highest BCUT2D eigenvalue weighted by Crippen LogP contribution is 2.49. The van der Waals surface area contributed by atoms with Crippen LogP contribution in [0.3, 0.4) is 0 Å². The molecular weight excluding hydrogens is 182 g/mol. The lowest BCUT2D eigenvalue weighted by atomic mass is 9.58. The van der Waals surface area contributed by atoms with Crippen LogP contribution in [-0.4, -0.2) is 6.04 Å². The van der Waals surface area contributed by atoms with Gasteiger partial charge < -0.3 is 5.73 Å².